The molecule has 0 unspecified atom stereocenters. The van der Waals surface area contributed by atoms with Gasteiger partial charge in [-0.2, -0.15) is 4.31 Å². The second-order valence-electron chi connectivity index (χ2n) is 6.63. The van der Waals surface area contributed by atoms with Crippen LogP contribution in [0.25, 0.3) is 11.0 Å². The number of carbonyl (C=O) groups is 1. The highest BCUT2D eigenvalue weighted by molar-refractivity contribution is 7.89. The van der Waals surface area contributed by atoms with E-state index in [-0.39, 0.29) is 52.2 Å². The summed E-state index contributed by atoms with van der Waals surface area (Å²) in [4.78, 5) is 22.5. The molecule has 1 amide bonds. The Hall–Kier alpha value is -2.33. The average Bonchev–Trinajstić information content (AvgIpc) is 2.74. The van der Waals surface area contributed by atoms with Crippen molar-refractivity contribution in [3.8, 4) is 0 Å². The van der Waals surface area contributed by atoms with Gasteiger partial charge in [-0.1, -0.05) is 29.3 Å². The minimum absolute atomic E-state index is 0.0394. The van der Waals surface area contributed by atoms with Crippen LogP contribution in [0.15, 0.2) is 47.6 Å². The van der Waals surface area contributed by atoms with Crippen LogP contribution >= 0.6 is 23.2 Å². The van der Waals surface area contributed by atoms with Gasteiger partial charge in [-0.05, 0) is 18.2 Å². The van der Waals surface area contributed by atoms with Gasteiger partial charge in [-0.15, -0.1) is 0 Å². The number of fused-ring (bicyclic) bond motifs is 1. The first kappa shape index (κ1) is 20.9. The number of amides is 1. The molecule has 1 fully saturated rings. The number of aromatic nitrogens is 2. The van der Waals surface area contributed by atoms with Crippen molar-refractivity contribution in [3.63, 3.8) is 0 Å². The van der Waals surface area contributed by atoms with Crippen LogP contribution in [0.1, 0.15) is 10.4 Å². The first-order chi connectivity index (χ1) is 14.3. The largest absolute Gasteiger partial charge is 0.336 e. The summed E-state index contributed by atoms with van der Waals surface area (Å²) in [6.07, 6.45) is 2.84. The highest BCUT2D eigenvalue weighted by Crippen LogP contribution is 2.31. The van der Waals surface area contributed by atoms with E-state index in [0.29, 0.717) is 5.52 Å². The van der Waals surface area contributed by atoms with Gasteiger partial charge in [0.15, 0.2) is 0 Å². The van der Waals surface area contributed by atoms with Crippen molar-refractivity contribution in [1.29, 1.82) is 0 Å². The SMILES string of the molecule is O=C(c1cc(F)cc2nccnc12)N1CCN(S(=O)(=O)c2cccc(Cl)c2Cl)CC1. The first-order valence-corrected chi connectivity index (χ1v) is 11.1. The lowest BCUT2D eigenvalue weighted by atomic mass is 10.1. The molecule has 0 saturated carbocycles. The first-order valence-electron chi connectivity index (χ1n) is 8.93. The van der Waals surface area contributed by atoms with E-state index >= 15 is 0 Å². The summed E-state index contributed by atoms with van der Waals surface area (Å²) in [5.74, 6) is -1.03. The molecule has 156 valence electrons. The monoisotopic (exact) mass is 468 g/mol. The normalized spacial score (nSPS) is 15.5. The third kappa shape index (κ3) is 3.74. The molecule has 2 heterocycles. The van der Waals surface area contributed by atoms with Gasteiger partial charge in [0.05, 0.1) is 21.1 Å². The van der Waals surface area contributed by atoms with Gasteiger partial charge in [0, 0.05) is 44.6 Å². The van der Waals surface area contributed by atoms with E-state index in [1.54, 1.807) is 0 Å². The molecule has 0 radical (unpaired) electrons. The van der Waals surface area contributed by atoms with Crippen LogP contribution in [0.5, 0.6) is 0 Å². The number of nitrogens with zero attached hydrogens (tertiary/aromatic N) is 4. The summed E-state index contributed by atoms with van der Waals surface area (Å²) in [6.45, 7) is 0.398. The molecule has 1 aromatic heterocycles. The fraction of sp³-hybridized carbons (Fsp3) is 0.211. The number of halogens is 3. The Labute approximate surface area is 182 Å². The maximum atomic E-state index is 14.0. The molecule has 0 aliphatic carbocycles. The Kier molecular flexibility index (Phi) is 5.63. The standard InChI is InChI=1S/C19H15Cl2FN4O3S/c20-14-2-1-3-16(17(14)21)30(28,29)26-8-6-25(7-9-26)19(27)13-10-12(22)11-15-18(13)24-5-4-23-15/h1-5,10-11H,6-9H2. The third-order valence-electron chi connectivity index (χ3n) is 4.83. The van der Waals surface area contributed by atoms with Gasteiger partial charge in [-0.25, -0.2) is 12.8 Å². The summed E-state index contributed by atoms with van der Waals surface area (Å²) in [5.41, 5.74) is 0.662. The Balaban J connectivity index is 1.55. The van der Waals surface area contributed by atoms with Gasteiger partial charge in [0.25, 0.3) is 5.91 Å². The van der Waals surface area contributed by atoms with E-state index < -0.39 is 21.7 Å². The van der Waals surface area contributed by atoms with Crippen LogP contribution in [-0.4, -0.2) is 59.7 Å². The molecule has 2 aromatic carbocycles. The van der Waals surface area contributed by atoms with E-state index in [4.69, 9.17) is 23.2 Å². The minimum Gasteiger partial charge on any atom is -0.336 e. The third-order valence-corrected chi connectivity index (χ3v) is 7.70. The maximum Gasteiger partial charge on any atom is 0.256 e. The number of hydrogen-bond donors (Lipinski definition) is 0. The Morgan fingerprint density at radius 2 is 1.73 bits per heavy atom. The predicted octanol–water partition coefficient (Wildman–Crippen LogP) is 3.22. The molecule has 0 atom stereocenters. The lowest BCUT2D eigenvalue weighted by Crippen LogP contribution is -2.50. The van der Waals surface area contributed by atoms with Crippen molar-refractivity contribution >= 4 is 50.2 Å². The van der Waals surface area contributed by atoms with Crippen molar-refractivity contribution < 1.29 is 17.6 Å². The minimum atomic E-state index is -3.87. The van der Waals surface area contributed by atoms with Crippen molar-refractivity contribution in [2.75, 3.05) is 26.2 Å². The van der Waals surface area contributed by atoms with Crippen LogP contribution in [0.3, 0.4) is 0 Å². The summed E-state index contributed by atoms with van der Waals surface area (Å²) in [7, 11) is -3.87. The van der Waals surface area contributed by atoms with E-state index in [9.17, 15) is 17.6 Å². The summed E-state index contributed by atoms with van der Waals surface area (Å²) in [5, 5.41) is 0.105. The lowest BCUT2D eigenvalue weighted by molar-refractivity contribution is 0.0699. The topological polar surface area (TPSA) is 83.5 Å². The Bertz CT molecular complexity index is 1250. The molecule has 1 aliphatic rings. The fourth-order valence-corrected chi connectivity index (χ4v) is 5.49. The van der Waals surface area contributed by atoms with Crippen LogP contribution in [0.4, 0.5) is 4.39 Å². The second kappa shape index (κ2) is 8.07. The van der Waals surface area contributed by atoms with Crippen LogP contribution in [0, 0.1) is 5.82 Å². The fourth-order valence-electron chi connectivity index (χ4n) is 3.33. The molecule has 0 spiro atoms. The van der Waals surface area contributed by atoms with Gasteiger partial charge in [0.1, 0.15) is 16.2 Å². The quantitative estimate of drug-likeness (QED) is 0.589. The second-order valence-corrected chi connectivity index (χ2v) is 9.32. The number of rotatable bonds is 3. The molecule has 1 saturated heterocycles. The van der Waals surface area contributed by atoms with Crippen LogP contribution in [-0.2, 0) is 10.0 Å². The number of hydrogen-bond acceptors (Lipinski definition) is 5. The average molecular weight is 469 g/mol. The lowest BCUT2D eigenvalue weighted by Gasteiger charge is -2.34. The van der Waals surface area contributed by atoms with Gasteiger partial charge >= 0.3 is 0 Å². The van der Waals surface area contributed by atoms with E-state index in [1.807, 2.05) is 0 Å². The van der Waals surface area contributed by atoms with Gasteiger partial charge in [-0.3, -0.25) is 14.8 Å². The molecule has 0 N–H and O–H groups in total. The predicted molar refractivity (Wildman–Crippen MR) is 111 cm³/mol. The summed E-state index contributed by atoms with van der Waals surface area (Å²) >= 11 is 12.0. The molecular formula is C19H15Cl2FN4O3S. The van der Waals surface area contributed by atoms with Crippen LogP contribution < -0.4 is 0 Å². The summed E-state index contributed by atoms with van der Waals surface area (Å²) < 4.78 is 41.1. The zero-order valence-corrected chi connectivity index (χ0v) is 17.8. The molecule has 7 nitrogen and oxygen atoms in total. The van der Waals surface area contributed by atoms with Crippen molar-refractivity contribution in [2.24, 2.45) is 0 Å². The Morgan fingerprint density at radius 3 is 2.47 bits per heavy atom. The zero-order valence-electron chi connectivity index (χ0n) is 15.4. The van der Waals surface area contributed by atoms with E-state index in [1.165, 1.54) is 45.9 Å². The number of piperazine rings is 1. The Morgan fingerprint density at radius 1 is 1.03 bits per heavy atom. The van der Waals surface area contributed by atoms with Crippen molar-refractivity contribution in [1.82, 2.24) is 19.2 Å². The highest BCUT2D eigenvalue weighted by atomic mass is 35.5. The maximum absolute atomic E-state index is 14.0. The number of benzene rings is 2. The zero-order chi connectivity index (χ0) is 21.5. The van der Waals surface area contributed by atoms with Crippen LogP contribution in [0.2, 0.25) is 10.0 Å². The number of carbonyl (C=O) groups excluding carboxylic acids is 1. The molecule has 0 bridgehead atoms. The van der Waals surface area contributed by atoms with Crippen molar-refractivity contribution in [2.45, 2.75) is 4.90 Å². The molecule has 3 aromatic rings. The molecular weight excluding hydrogens is 454 g/mol. The van der Waals surface area contributed by atoms with Gasteiger partial charge in [0.2, 0.25) is 10.0 Å². The van der Waals surface area contributed by atoms with Crippen molar-refractivity contribution in [3.05, 3.63) is 64.2 Å². The summed E-state index contributed by atoms with van der Waals surface area (Å²) in [6, 6.07) is 6.73. The highest BCUT2D eigenvalue weighted by Gasteiger charge is 2.32. The smallest absolute Gasteiger partial charge is 0.256 e. The number of sulfonamides is 1. The van der Waals surface area contributed by atoms with E-state index in [0.717, 1.165) is 6.07 Å². The molecule has 30 heavy (non-hydrogen) atoms. The van der Waals surface area contributed by atoms with Gasteiger partial charge < -0.3 is 4.90 Å². The molecule has 4 rings (SSSR count). The molecule has 1 aliphatic heterocycles. The molecule has 11 heteroatoms. The van der Waals surface area contributed by atoms with E-state index in [2.05, 4.69) is 9.97 Å².